The van der Waals surface area contributed by atoms with Gasteiger partial charge in [-0.1, -0.05) is 6.07 Å². The molecule has 1 rings (SSSR count). The molecule has 1 aromatic carbocycles. The Hall–Kier alpha value is -1.79. The van der Waals surface area contributed by atoms with E-state index in [9.17, 15) is 15.0 Å². The Balaban J connectivity index is 2.39. The number of phenolic OH excluding ortho intramolecular Hbond substituents is 2. The van der Waals surface area contributed by atoms with Crippen LogP contribution >= 0.6 is 0 Å². The first-order valence-electron chi connectivity index (χ1n) is 6.76. The maximum atomic E-state index is 11.7. The summed E-state index contributed by atoms with van der Waals surface area (Å²) >= 11 is 0. The van der Waals surface area contributed by atoms with Gasteiger partial charge in [0.15, 0.2) is 11.5 Å². The van der Waals surface area contributed by atoms with E-state index >= 15 is 0 Å². The van der Waals surface area contributed by atoms with E-state index in [0.717, 1.165) is 0 Å². The quantitative estimate of drug-likeness (QED) is 0.416. The molecule has 0 aromatic heterocycles. The molecule has 0 saturated heterocycles. The Morgan fingerprint density at radius 3 is 2.48 bits per heavy atom. The first kappa shape index (κ1) is 17.3. The summed E-state index contributed by atoms with van der Waals surface area (Å²) in [5.41, 5.74) is 6.11. The molecule has 1 aromatic rings. The molecule has 0 aliphatic rings. The number of aromatic hydroxyl groups is 2. The highest BCUT2D eigenvalue weighted by atomic mass is 16.6. The van der Waals surface area contributed by atoms with E-state index < -0.39 is 12.0 Å². The molecule has 6 nitrogen and oxygen atoms in total. The lowest BCUT2D eigenvalue weighted by Crippen LogP contribution is -2.35. The summed E-state index contributed by atoms with van der Waals surface area (Å²) in [4.78, 5) is 11.7. The maximum Gasteiger partial charge on any atom is 0.323 e. The van der Waals surface area contributed by atoms with E-state index in [2.05, 4.69) is 0 Å². The minimum absolute atomic E-state index is 0.143. The third-order valence-electron chi connectivity index (χ3n) is 2.66. The fraction of sp³-hybridized carbons (Fsp3) is 0.533. The van der Waals surface area contributed by atoms with Crippen molar-refractivity contribution in [2.45, 2.75) is 38.8 Å². The average molecular weight is 297 g/mol. The van der Waals surface area contributed by atoms with Crippen LogP contribution in [0.15, 0.2) is 18.2 Å². The molecule has 0 bridgehead atoms. The molecule has 0 aliphatic heterocycles. The first-order chi connectivity index (χ1) is 9.69. The molecular formula is C15H23NO5. The minimum Gasteiger partial charge on any atom is -0.504 e. The number of hydrogen-bond acceptors (Lipinski definition) is 6. The molecule has 1 unspecified atom stereocenters. The van der Waals surface area contributed by atoms with Gasteiger partial charge in [-0.3, -0.25) is 4.79 Å². The van der Waals surface area contributed by atoms with E-state index in [-0.39, 0.29) is 30.1 Å². The lowest BCUT2D eigenvalue weighted by atomic mass is 10.1. The van der Waals surface area contributed by atoms with Gasteiger partial charge in [0.05, 0.1) is 12.2 Å². The SMILES string of the molecule is CC(C)(C)OCCOC(=O)C(N)Cc1ccc(O)c(O)c1. The smallest absolute Gasteiger partial charge is 0.323 e. The van der Waals surface area contributed by atoms with Crippen LogP contribution in [0.3, 0.4) is 0 Å². The highest BCUT2D eigenvalue weighted by molar-refractivity contribution is 5.75. The van der Waals surface area contributed by atoms with Gasteiger partial charge in [0, 0.05) is 0 Å². The molecule has 1 atom stereocenters. The molecule has 21 heavy (non-hydrogen) atoms. The number of phenols is 2. The molecule has 0 amide bonds. The second kappa shape index (κ2) is 7.28. The Bertz CT molecular complexity index is 481. The van der Waals surface area contributed by atoms with E-state index in [1.807, 2.05) is 20.8 Å². The van der Waals surface area contributed by atoms with Gasteiger partial charge in [-0.05, 0) is 44.9 Å². The fourth-order valence-electron chi connectivity index (χ4n) is 1.63. The van der Waals surface area contributed by atoms with E-state index in [1.165, 1.54) is 12.1 Å². The Labute approximate surface area is 124 Å². The average Bonchev–Trinajstić information content (AvgIpc) is 2.37. The molecule has 118 valence electrons. The number of benzene rings is 1. The first-order valence-corrected chi connectivity index (χ1v) is 6.76. The summed E-state index contributed by atoms with van der Waals surface area (Å²) in [6, 6.07) is 3.47. The van der Waals surface area contributed by atoms with Gasteiger partial charge in [-0.25, -0.2) is 0 Å². The second-order valence-corrected chi connectivity index (χ2v) is 5.76. The number of nitrogens with two attached hydrogens (primary N) is 1. The summed E-state index contributed by atoms with van der Waals surface area (Å²) in [5.74, 6) is -0.985. The van der Waals surface area contributed by atoms with Crippen LogP contribution in [-0.2, 0) is 20.7 Å². The summed E-state index contributed by atoms with van der Waals surface area (Å²) in [5, 5.41) is 18.6. The summed E-state index contributed by atoms with van der Waals surface area (Å²) < 4.78 is 10.5. The highest BCUT2D eigenvalue weighted by Gasteiger charge is 2.17. The molecule has 0 saturated carbocycles. The molecule has 0 fully saturated rings. The van der Waals surface area contributed by atoms with Crippen molar-refractivity contribution < 1.29 is 24.5 Å². The second-order valence-electron chi connectivity index (χ2n) is 5.76. The minimum atomic E-state index is -0.830. The van der Waals surface area contributed by atoms with E-state index in [1.54, 1.807) is 6.07 Å². The van der Waals surface area contributed by atoms with Crippen molar-refractivity contribution >= 4 is 5.97 Å². The van der Waals surface area contributed by atoms with Crippen molar-refractivity contribution in [1.82, 2.24) is 0 Å². The zero-order valence-corrected chi connectivity index (χ0v) is 12.6. The predicted octanol–water partition coefficient (Wildman–Crippen LogP) is 1.33. The summed E-state index contributed by atoms with van der Waals surface area (Å²) in [6.45, 7) is 6.19. The molecular weight excluding hydrogens is 274 g/mol. The van der Waals surface area contributed by atoms with Gasteiger partial charge in [0.25, 0.3) is 0 Å². The Morgan fingerprint density at radius 2 is 1.90 bits per heavy atom. The van der Waals surface area contributed by atoms with Crippen molar-refractivity contribution in [3.05, 3.63) is 23.8 Å². The number of carbonyl (C=O) groups is 1. The third-order valence-corrected chi connectivity index (χ3v) is 2.66. The van der Waals surface area contributed by atoms with Crippen molar-refractivity contribution in [3.8, 4) is 11.5 Å². The van der Waals surface area contributed by atoms with Gasteiger partial charge in [-0.15, -0.1) is 0 Å². The monoisotopic (exact) mass is 297 g/mol. The lowest BCUT2D eigenvalue weighted by molar-refractivity contribution is -0.148. The van der Waals surface area contributed by atoms with Crippen LogP contribution in [0.25, 0.3) is 0 Å². The van der Waals surface area contributed by atoms with E-state index in [4.69, 9.17) is 15.2 Å². The molecule has 0 radical (unpaired) electrons. The van der Waals surface area contributed by atoms with Crippen LogP contribution in [0.2, 0.25) is 0 Å². The largest absolute Gasteiger partial charge is 0.504 e. The zero-order valence-electron chi connectivity index (χ0n) is 12.6. The lowest BCUT2D eigenvalue weighted by Gasteiger charge is -2.19. The molecule has 0 spiro atoms. The fourth-order valence-corrected chi connectivity index (χ4v) is 1.63. The van der Waals surface area contributed by atoms with Crippen LogP contribution in [0.4, 0.5) is 0 Å². The van der Waals surface area contributed by atoms with Gasteiger partial charge in [-0.2, -0.15) is 0 Å². The van der Waals surface area contributed by atoms with Gasteiger partial charge < -0.3 is 25.4 Å². The van der Waals surface area contributed by atoms with Gasteiger partial charge in [0.1, 0.15) is 12.6 Å². The molecule has 6 heteroatoms. The van der Waals surface area contributed by atoms with Crippen molar-refractivity contribution in [1.29, 1.82) is 0 Å². The van der Waals surface area contributed by atoms with Crippen molar-refractivity contribution in [3.63, 3.8) is 0 Å². The van der Waals surface area contributed by atoms with E-state index in [0.29, 0.717) is 12.2 Å². The topological polar surface area (TPSA) is 102 Å². The molecule has 4 N–H and O–H groups in total. The van der Waals surface area contributed by atoms with Crippen LogP contribution in [0.1, 0.15) is 26.3 Å². The number of rotatable bonds is 6. The van der Waals surface area contributed by atoms with Crippen molar-refractivity contribution in [2.24, 2.45) is 5.73 Å². The predicted molar refractivity (Wildman–Crippen MR) is 78.1 cm³/mol. The molecule has 0 aliphatic carbocycles. The Morgan fingerprint density at radius 1 is 1.24 bits per heavy atom. The van der Waals surface area contributed by atoms with Gasteiger partial charge >= 0.3 is 5.97 Å². The summed E-state index contributed by atoms with van der Waals surface area (Å²) in [7, 11) is 0. The van der Waals surface area contributed by atoms with Crippen LogP contribution in [0.5, 0.6) is 11.5 Å². The van der Waals surface area contributed by atoms with Crippen LogP contribution in [-0.4, -0.2) is 41.0 Å². The standard InChI is InChI=1S/C15H23NO5/c1-15(2,3)21-7-6-20-14(19)11(16)8-10-4-5-12(17)13(18)9-10/h4-5,9,11,17-18H,6-8,16H2,1-3H3. The number of ether oxygens (including phenoxy) is 2. The molecule has 0 heterocycles. The van der Waals surface area contributed by atoms with Crippen LogP contribution in [0, 0.1) is 0 Å². The number of hydrogen-bond donors (Lipinski definition) is 3. The van der Waals surface area contributed by atoms with Gasteiger partial charge in [0.2, 0.25) is 0 Å². The maximum absolute atomic E-state index is 11.7. The third kappa shape index (κ3) is 6.46. The van der Waals surface area contributed by atoms with Crippen LogP contribution < -0.4 is 5.73 Å². The Kier molecular flexibility index (Phi) is 5.99. The number of carbonyl (C=O) groups excluding carboxylic acids is 1. The summed E-state index contributed by atoms with van der Waals surface area (Å²) in [6.07, 6.45) is 0.215. The highest BCUT2D eigenvalue weighted by Crippen LogP contribution is 2.25. The van der Waals surface area contributed by atoms with Crippen molar-refractivity contribution in [2.75, 3.05) is 13.2 Å². The zero-order chi connectivity index (χ0) is 16.0. The number of esters is 1. The normalized spacial score (nSPS) is 13.0.